The molecule has 30 heavy (non-hydrogen) atoms. The second-order valence-corrected chi connectivity index (χ2v) is 8.46. The third-order valence-electron chi connectivity index (χ3n) is 4.99. The van der Waals surface area contributed by atoms with Crippen molar-refractivity contribution < 1.29 is 5.11 Å². The summed E-state index contributed by atoms with van der Waals surface area (Å²) >= 11 is 0. The number of aromatic amines is 1. The molecule has 0 saturated carbocycles. The van der Waals surface area contributed by atoms with Crippen LogP contribution in [0, 0.1) is 11.3 Å². The maximum Gasteiger partial charge on any atom is 0.245 e. The van der Waals surface area contributed by atoms with E-state index >= 15 is 0 Å². The molecule has 3 N–H and O–H groups in total. The van der Waals surface area contributed by atoms with Crippen LogP contribution in [0.15, 0.2) is 30.6 Å². The van der Waals surface area contributed by atoms with Crippen LogP contribution in [0.3, 0.4) is 0 Å². The summed E-state index contributed by atoms with van der Waals surface area (Å²) in [5, 5.41) is 38.3. The number of nitrogens with zero attached hydrogens (tertiary/aromatic N) is 6. The van der Waals surface area contributed by atoms with E-state index in [1.165, 1.54) is 0 Å². The summed E-state index contributed by atoms with van der Waals surface area (Å²) < 4.78 is 0. The number of hydrogen-bond acceptors (Lipinski definition) is 8. The summed E-state index contributed by atoms with van der Waals surface area (Å²) in [7, 11) is 0. The zero-order valence-corrected chi connectivity index (χ0v) is 17.2. The summed E-state index contributed by atoms with van der Waals surface area (Å²) in [5.74, 6) is 0.627. The van der Waals surface area contributed by atoms with Crippen LogP contribution in [-0.2, 0) is 0 Å². The Balaban J connectivity index is 1.50. The molecule has 1 aliphatic heterocycles. The lowest BCUT2D eigenvalue weighted by Crippen LogP contribution is -2.45. The van der Waals surface area contributed by atoms with E-state index in [9.17, 15) is 5.11 Å². The number of nitriles is 1. The van der Waals surface area contributed by atoms with Gasteiger partial charge >= 0.3 is 0 Å². The molecule has 1 saturated heterocycles. The lowest BCUT2D eigenvalue weighted by Gasteiger charge is -2.25. The Morgan fingerprint density at radius 2 is 2.10 bits per heavy atom. The van der Waals surface area contributed by atoms with E-state index in [4.69, 9.17) is 5.26 Å². The number of anilines is 1. The normalized spacial score (nSPS) is 16.6. The van der Waals surface area contributed by atoms with Crippen LogP contribution in [0.2, 0.25) is 0 Å². The van der Waals surface area contributed by atoms with E-state index < -0.39 is 0 Å². The van der Waals surface area contributed by atoms with Gasteiger partial charge in [-0.2, -0.15) is 10.4 Å². The third-order valence-corrected chi connectivity index (χ3v) is 4.99. The summed E-state index contributed by atoms with van der Waals surface area (Å²) in [6.45, 7) is 8.20. The van der Waals surface area contributed by atoms with E-state index in [1.807, 2.05) is 6.07 Å². The number of aromatic hydroxyl groups is 1. The van der Waals surface area contributed by atoms with Gasteiger partial charge in [-0.3, -0.25) is 5.10 Å². The molecule has 2 aromatic heterocycles. The van der Waals surface area contributed by atoms with Crippen molar-refractivity contribution in [3.05, 3.63) is 36.3 Å². The second kappa shape index (κ2) is 7.72. The van der Waals surface area contributed by atoms with Crippen LogP contribution in [0.4, 0.5) is 5.95 Å². The first-order valence-electron chi connectivity index (χ1n) is 9.84. The molecular weight excluding hydrogens is 380 g/mol. The first-order chi connectivity index (χ1) is 14.3. The Hall–Kier alpha value is -3.51. The highest BCUT2D eigenvalue weighted by Gasteiger charge is 2.27. The van der Waals surface area contributed by atoms with Gasteiger partial charge in [0.25, 0.3) is 0 Å². The molecule has 3 aromatic rings. The molecule has 0 spiro atoms. The van der Waals surface area contributed by atoms with Crippen LogP contribution < -0.4 is 10.2 Å². The number of rotatable bonds is 4. The molecule has 1 fully saturated rings. The highest BCUT2D eigenvalue weighted by atomic mass is 16.3. The topological polar surface area (TPSA) is 127 Å². The molecule has 0 radical (unpaired) electrons. The first kappa shape index (κ1) is 19.8. The lowest BCUT2D eigenvalue weighted by molar-refractivity contribution is 0.373. The first-order valence-corrected chi connectivity index (χ1v) is 9.84. The largest absolute Gasteiger partial charge is 0.507 e. The fraction of sp³-hybridized carbons (Fsp3) is 0.381. The number of nitrogens with one attached hydrogen (secondary N) is 2. The Morgan fingerprint density at radius 3 is 2.77 bits per heavy atom. The SMILES string of the molecule is CC(C)(C)NC1CCN(c2ncc(-c3ccc(-c4c[nH]nc4C#N)cc3O)nn2)C1. The van der Waals surface area contributed by atoms with Crippen LogP contribution in [0.25, 0.3) is 22.4 Å². The van der Waals surface area contributed by atoms with Crippen LogP contribution in [0.1, 0.15) is 32.9 Å². The molecule has 9 nitrogen and oxygen atoms in total. The Labute approximate surface area is 174 Å². The number of phenols is 1. The average molecular weight is 404 g/mol. The standard InChI is InChI=1S/C21H24N8O/c1-21(2,3)25-14-6-7-29(12-14)20-23-11-18(27-28-20)15-5-4-13(8-19(15)30)16-10-24-26-17(16)9-22/h4-5,8,10-11,14,25,30H,6-7,12H2,1-3H3,(H,24,26). The summed E-state index contributed by atoms with van der Waals surface area (Å²) in [6, 6.07) is 7.54. The fourth-order valence-corrected chi connectivity index (χ4v) is 3.72. The van der Waals surface area contributed by atoms with Crippen molar-refractivity contribution in [2.45, 2.75) is 38.8 Å². The molecule has 4 rings (SSSR count). The zero-order valence-electron chi connectivity index (χ0n) is 17.2. The maximum absolute atomic E-state index is 10.5. The van der Waals surface area contributed by atoms with Crippen molar-refractivity contribution in [1.82, 2.24) is 30.7 Å². The highest BCUT2D eigenvalue weighted by Crippen LogP contribution is 2.33. The minimum atomic E-state index is 0.0389. The van der Waals surface area contributed by atoms with Crippen LogP contribution in [-0.4, -0.2) is 55.2 Å². The van der Waals surface area contributed by atoms with Gasteiger partial charge in [0, 0.05) is 42.0 Å². The van der Waals surface area contributed by atoms with Gasteiger partial charge in [-0.15, -0.1) is 10.2 Å². The molecular formula is C21H24N8O. The fourth-order valence-electron chi connectivity index (χ4n) is 3.72. The molecule has 3 heterocycles. The molecule has 1 atom stereocenters. The van der Waals surface area contributed by atoms with Crippen LogP contribution in [0.5, 0.6) is 5.75 Å². The molecule has 0 aliphatic carbocycles. The smallest absolute Gasteiger partial charge is 0.245 e. The molecule has 1 unspecified atom stereocenters. The monoisotopic (exact) mass is 404 g/mol. The van der Waals surface area contributed by atoms with Crippen LogP contribution >= 0.6 is 0 Å². The minimum absolute atomic E-state index is 0.0389. The van der Waals surface area contributed by atoms with Gasteiger partial charge in [-0.05, 0) is 44.9 Å². The van der Waals surface area contributed by atoms with E-state index in [0.717, 1.165) is 19.5 Å². The van der Waals surface area contributed by atoms with Gasteiger partial charge in [0.15, 0.2) is 5.69 Å². The molecule has 0 amide bonds. The number of H-pyrrole nitrogens is 1. The van der Waals surface area contributed by atoms with Crippen molar-refractivity contribution in [3.8, 4) is 34.2 Å². The van der Waals surface area contributed by atoms with Gasteiger partial charge in [0.2, 0.25) is 5.95 Å². The van der Waals surface area contributed by atoms with E-state index in [-0.39, 0.29) is 17.0 Å². The number of phenolic OH excluding ortho intramolecular Hbond substituents is 1. The number of hydrogen-bond donors (Lipinski definition) is 3. The third kappa shape index (κ3) is 4.09. The maximum atomic E-state index is 10.5. The lowest BCUT2D eigenvalue weighted by atomic mass is 10.0. The van der Waals surface area contributed by atoms with Gasteiger partial charge < -0.3 is 15.3 Å². The van der Waals surface area contributed by atoms with Crippen molar-refractivity contribution in [1.29, 1.82) is 5.26 Å². The summed E-state index contributed by atoms with van der Waals surface area (Å²) in [4.78, 5) is 6.58. The van der Waals surface area contributed by atoms with E-state index in [0.29, 0.717) is 34.4 Å². The molecule has 0 bridgehead atoms. The quantitative estimate of drug-likeness (QED) is 0.605. The number of aromatic nitrogens is 5. The molecule has 154 valence electrons. The van der Waals surface area contributed by atoms with Gasteiger partial charge in [0.1, 0.15) is 17.5 Å². The Morgan fingerprint density at radius 1 is 1.27 bits per heavy atom. The van der Waals surface area contributed by atoms with E-state index in [2.05, 4.69) is 56.4 Å². The molecule has 1 aliphatic rings. The second-order valence-electron chi connectivity index (χ2n) is 8.46. The Kier molecular flexibility index (Phi) is 5.10. The molecule has 1 aromatic carbocycles. The average Bonchev–Trinajstić information content (AvgIpc) is 3.36. The van der Waals surface area contributed by atoms with E-state index in [1.54, 1.807) is 30.6 Å². The number of benzene rings is 1. The minimum Gasteiger partial charge on any atom is -0.507 e. The molecule has 9 heteroatoms. The van der Waals surface area contributed by atoms with Crippen molar-refractivity contribution in [2.75, 3.05) is 18.0 Å². The Bertz CT molecular complexity index is 1080. The van der Waals surface area contributed by atoms with Crippen molar-refractivity contribution in [2.24, 2.45) is 0 Å². The highest BCUT2D eigenvalue weighted by molar-refractivity contribution is 5.75. The predicted octanol–water partition coefficient (Wildman–Crippen LogP) is 2.47. The van der Waals surface area contributed by atoms with Crippen molar-refractivity contribution in [3.63, 3.8) is 0 Å². The van der Waals surface area contributed by atoms with Gasteiger partial charge in [-0.25, -0.2) is 4.98 Å². The predicted molar refractivity (Wildman–Crippen MR) is 113 cm³/mol. The summed E-state index contributed by atoms with van der Waals surface area (Å²) in [6.07, 6.45) is 4.28. The van der Waals surface area contributed by atoms with Gasteiger partial charge in [0.05, 0.1) is 6.20 Å². The van der Waals surface area contributed by atoms with Crippen molar-refractivity contribution >= 4 is 5.95 Å². The zero-order chi connectivity index (χ0) is 21.3. The van der Waals surface area contributed by atoms with Gasteiger partial charge in [-0.1, -0.05) is 6.07 Å². The summed E-state index contributed by atoms with van der Waals surface area (Å²) in [5.41, 5.74) is 2.68.